The molecule has 0 aliphatic rings. The topological polar surface area (TPSA) is 67.4 Å². The minimum absolute atomic E-state index is 0.194. The summed E-state index contributed by atoms with van der Waals surface area (Å²) >= 11 is 0. The second-order valence-corrected chi connectivity index (χ2v) is 4.83. The Morgan fingerprint density at radius 1 is 1.24 bits per heavy atom. The van der Waals surface area contributed by atoms with E-state index in [0.717, 1.165) is 13.2 Å². The molecule has 5 nitrogen and oxygen atoms in total. The van der Waals surface area contributed by atoms with Crippen LogP contribution in [0.5, 0.6) is 0 Å². The fourth-order valence-electron chi connectivity index (χ4n) is 1.51. The Hall–Kier alpha value is -2.18. The van der Waals surface area contributed by atoms with Crippen molar-refractivity contribution in [1.29, 1.82) is 0 Å². The summed E-state index contributed by atoms with van der Waals surface area (Å²) in [6.45, 7) is 4.18. The van der Waals surface area contributed by atoms with Gasteiger partial charge >= 0.3 is 5.97 Å². The van der Waals surface area contributed by atoms with E-state index in [1.807, 2.05) is 13.8 Å². The molecule has 0 heterocycles. The van der Waals surface area contributed by atoms with Crippen LogP contribution in [0.2, 0.25) is 0 Å². The molecule has 1 amide bonds. The van der Waals surface area contributed by atoms with Crippen molar-refractivity contribution in [3.63, 3.8) is 0 Å². The number of benzene rings is 1. The molecule has 0 fully saturated rings. The molecule has 0 saturated heterocycles. The van der Waals surface area contributed by atoms with Crippen LogP contribution in [0.4, 0.5) is 14.5 Å². The van der Waals surface area contributed by atoms with Gasteiger partial charge in [-0.25, -0.2) is 13.6 Å². The minimum Gasteiger partial charge on any atom is -0.465 e. The third kappa shape index (κ3) is 4.70. The highest BCUT2D eigenvalue weighted by molar-refractivity contribution is 5.90. The highest BCUT2D eigenvalue weighted by Crippen LogP contribution is 2.21. The molecule has 7 heteroatoms. The van der Waals surface area contributed by atoms with E-state index in [4.69, 9.17) is 0 Å². The Kier molecular flexibility index (Phi) is 6.08. The number of amides is 1. The van der Waals surface area contributed by atoms with E-state index >= 15 is 0 Å². The number of ether oxygens (including phenoxy) is 1. The predicted octanol–water partition coefficient (Wildman–Crippen LogP) is 1.94. The summed E-state index contributed by atoms with van der Waals surface area (Å²) in [6, 6.07) is 2.28. The molecule has 0 unspecified atom stereocenters. The van der Waals surface area contributed by atoms with Crippen molar-refractivity contribution in [2.75, 3.05) is 25.5 Å². The van der Waals surface area contributed by atoms with Crippen molar-refractivity contribution < 1.29 is 23.1 Å². The highest BCUT2D eigenvalue weighted by atomic mass is 19.2. The molecular formula is C14H18F2N2O3. The van der Waals surface area contributed by atoms with Crippen LogP contribution < -0.4 is 10.6 Å². The molecule has 0 aromatic heterocycles. The van der Waals surface area contributed by atoms with E-state index in [9.17, 15) is 18.4 Å². The summed E-state index contributed by atoms with van der Waals surface area (Å²) in [5.74, 6) is -3.54. The molecule has 2 N–H and O–H groups in total. The number of nitrogens with one attached hydrogen (secondary N) is 2. The van der Waals surface area contributed by atoms with Gasteiger partial charge in [0.05, 0.1) is 24.9 Å². The van der Waals surface area contributed by atoms with Crippen LogP contribution in [0, 0.1) is 17.6 Å². The zero-order valence-corrected chi connectivity index (χ0v) is 12.1. The second-order valence-electron chi connectivity index (χ2n) is 4.83. The fraction of sp³-hybridized carbons (Fsp3) is 0.429. The Morgan fingerprint density at radius 2 is 1.90 bits per heavy atom. The molecule has 21 heavy (non-hydrogen) atoms. The van der Waals surface area contributed by atoms with Gasteiger partial charge in [-0.3, -0.25) is 4.79 Å². The number of carbonyl (C=O) groups excluding carboxylic acids is 2. The van der Waals surface area contributed by atoms with Gasteiger partial charge in [-0.1, -0.05) is 13.8 Å². The van der Waals surface area contributed by atoms with E-state index in [1.54, 1.807) is 0 Å². The van der Waals surface area contributed by atoms with Gasteiger partial charge < -0.3 is 15.4 Å². The van der Waals surface area contributed by atoms with Crippen molar-refractivity contribution in [1.82, 2.24) is 5.32 Å². The zero-order valence-electron chi connectivity index (χ0n) is 12.1. The highest BCUT2D eigenvalue weighted by Gasteiger charge is 2.19. The Balaban J connectivity index is 2.71. The monoisotopic (exact) mass is 300 g/mol. The zero-order chi connectivity index (χ0) is 16.0. The first-order valence-corrected chi connectivity index (χ1v) is 6.43. The predicted molar refractivity (Wildman–Crippen MR) is 74.0 cm³/mol. The number of esters is 1. The number of anilines is 1. The van der Waals surface area contributed by atoms with E-state index in [-0.39, 0.29) is 18.1 Å². The quantitative estimate of drug-likeness (QED) is 0.788. The second kappa shape index (κ2) is 7.56. The molecule has 0 radical (unpaired) electrons. The van der Waals surface area contributed by atoms with Gasteiger partial charge in [0, 0.05) is 6.54 Å². The van der Waals surface area contributed by atoms with E-state index in [2.05, 4.69) is 15.4 Å². The van der Waals surface area contributed by atoms with Gasteiger partial charge in [-0.2, -0.15) is 0 Å². The third-order valence-electron chi connectivity index (χ3n) is 2.63. The average Bonchev–Trinajstić information content (AvgIpc) is 2.45. The maximum absolute atomic E-state index is 13.7. The van der Waals surface area contributed by atoms with Crippen LogP contribution in [0.25, 0.3) is 0 Å². The molecule has 1 rings (SSSR count). The lowest BCUT2D eigenvalue weighted by atomic mass is 10.2. The normalized spacial score (nSPS) is 10.4. The number of carbonyl (C=O) groups is 2. The molecule has 0 aliphatic heterocycles. The largest absolute Gasteiger partial charge is 0.465 e. The first kappa shape index (κ1) is 16.9. The lowest BCUT2D eigenvalue weighted by Gasteiger charge is -2.11. The molecule has 0 bridgehead atoms. The maximum Gasteiger partial charge on any atom is 0.340 e. The summed E-state index contributed by atoms with van der Waals surface area (Å²) in [5.41, 5.74) is -0.690. The lowest BCUT2D eigenvalue weighted by molar-refractivity contribution is -0.119. The Bertz CT molecular complexity index is 533. The van der Waals surface area contributed by atoms with Gasteiger partial charge in [-0.15, -0.1) is 0 Å². The number of halogens is 2. The smallest absolute Gasteiger partial charge is 0.340 e. The van der Waals surface area contributed by atoms with Crippen molar-refractivity contribution in [2.24, 2.45) is 5.92 Å². The molecule has 1 aromatic carbocycles. The van der Waals surface area contributed by atoms with Gasteiger partial charge in [0.15, 0.2) is 11.6 Å². The minimum atomic E-state index is -1.31. The fourth-order valence-corrected chi connectivity index (χ4v) is 1.51. The summed E-state index contributed by atoms with van der Waals surface area (Å²) in [4.78, 5) is 22.7. The number of hydrogen-bond donors (Lipinski definition) is 2. The Morgan fingerprint density at radius 3 is 2.48 bits per heavy atom. The van der Waals surface area contributed by atoms with Crippen molar-refractivity contribution >= 4 is 17.6 Å². The SMILES string of the molecule is COC(=O)c1ccc(NCC(=O)NCC(C)C)c(F)c1F. The summed E-state index contributed by atoms with van der Waals surface area (Å²) < 4.78 is 31.7. The molecular weight excluding hydrogens is 282 g/mol. The van der Waals surface area contributed by atoms with Crippen molar-refractivity contribution in [3.05, 3.63) is 29.3 Å². The van der Waals surface area contributed by atoms with Crippen molar-refractivity contribution in [2.45, 2.75) is 13.8 Å². The van der Waals surface area contributed by atoms with Crippen LogP contribution in [-0.4, -0.2) is 32.1 Å². The van der Waals surface area contributed by atoms with Crippen LogP contribution >= 0.6 is 0 Å². The third-order valence-corrected chi connectivity index (χ3v) is 2.63. The lowest BCUT2D eigenvalue weighted by Crippen LogP contribution is -2.32. The van der Waals surface area contributed by atoms with Crippen LogP contribution in [-0.2, 0) is 9.53 Å². The van der Waals surface area contributed by atoms with E-state index in [0.29, 0.717) is 12.5 Å². The molecule has 0 saturated carbocycles. The molecule has 116 valence electrons. The molecule has 0 aliphatic carbocycles. The van der Waals surface area contributed by atoms with Gasteiger partial charge in [-0.05, 0) is 18.1 Å². The maximum atomic E-state index is 13.7. The van der Waals surface area contributed by atoms with E-state index in [1.165, 1.54) is 6.07 Å². The molecule has 1 aromatic rings. The van der Waals surface area contributed by atoms with Crippen LogP contribution in [0.3, 0.4) is 0 Å². The summed E-state index contributed by atoms with van der Waals surface area (Å²) in [7, 11) is 1.07. The summed E-state index contributed by atoms with van der Waals surface area (Å²) in [6.07, 6.45) is 0. The van der Waals surface area contributed by atoms with Crippen LogP contribution in [0.15, 0.2) is 12.1 Å². The summed E-state index contributed by atoms with van der Waals surface area (Å²) in [5, 5.41) is 5.12. The molecule has 0 atom stereocenters. The van der Waals surface area contributed by atoms with Gasteiger partial charge in [0.2, 0.25) is 5.91 Å². The molecule has 0 spiro atoms. The first-order chi connectivity index (χ1) is 9.86. The van der Waals surface area contributed by atoms with E-state index < -0.39 is 23.2 Å². The number of rotatable bonds is 6. The number of methoxy groups -OCH3 is 1. The average molecular weight is 300 g/mol. The van der Waals surface area contributed by atoms with Crippen molar-refractivity contribution in [3.8, 4) is 0 Å². The van der Waals surface area contributed by atoms with Crippen LogP contribution in [0.1, 0.15) is 24.2 Å². The number of hydrogen-bond acceptors (Lipinski definition) is 4. The standard InChI is InChI=1S/C14H18F2N2O3/c1-8(2)6-18-11(19)7-17-10-5-4-9(14(20)21-3)12(15)13(10)16/h4-5,8,17H,6-7H2,1-3H3,(H,18,19). The van der Waals surface area contributed by atoms with Gasteiger partial charge in [0.1, 0.15) is 0 Å². The van der Waals surface area contributed by atoms with Gasteiger partial charge in [0.25, 0.3) is 0 Å². The Labute approximate surface area is 121 Å². The first-order valence-electron chi connectivity index (χ1n) is 6.43.